The van der Waals surface area contributed by atoms with E-state index in [1.165, 1.54) is 27.7 Å². The summed E-state index contributed by atoms with van der Waals surface area (Å²) in [6.07, 6.45) is 3.21. The third kappa shape index (κ3) is 2.19. The molecule has 3 aromatic rings. The van der Waals surface area contributed by atoms with Crippen molar-refractivity contribution in [3.8, 4) is 5.75 Å². The van der Waals surface area contributed by atoms with Crippen LogP contribution in [0.3, 0.4) is 0 Å². The fourth-order valence-corrected chi connectivity index (χ4v) is 4.39. The lowest BCUT2D eigenvalue weighted by molar-refractivity contribution is 0.377. The number of benzene rings is 2. The number of fused-ring (bicyclic) bond motifs is 2. The molecule has 1 aliphatic heterocycles. The summed E-state index contributed by atoms with van der Waals surface area (Å²) < 4.78 is 5.43. The third-order valence-electron chi connectivity index (χ3n) is 5.27. The van der Waals surface area contributed by atoms with Crippen molar-refractivity contribution in [2.45, 2.75) is 38.1 Å². The minimum Gasteiger partial charge on any atom is -0.497 e. The van der Waals surface area contributed by atoms with Gasteiger partial charge in [-0.1, -0.05) is 31.2 Å². The third-order valence-corrected chi connectivity index (χ3v) is 5.27. The van der Waals surface area contributed by atoms with E-state index in [2.05, 4.69) is 79.7 Å². The van der Waals surface area contributed by atoms with E-state index in [-0.39, 0.29) is 11.0 Å². The van der Waals surface area contributed by atoms with Gasteiger partial charge >= 0.3 is 0 Å². The normalized spacial score (nSPS) is 22.0. The summed E-state index contributed by atoms with van der Waals surface area (Å²) in [4.78, 5) is 3.45. The molecule has 3 heteroatoms. The van der Waals surface area contributed by atoms with E-state index in [4.69, 9.17) is 4.74 Å². The fraction of sp³-hybridized carbons (Fsp3) is 0.333. The molecule has 0 amide bonds. The van der Waals surface area contributed by atoms with Gasteiger partial charge in [0.05, 0.1) is 7.11 Å². The van der Waals surface area contributed by atoms with E-state index in [0.717, 1.165) is 12.2 Å². The van der Waals surface area contributed by atoms with Crippen LogP contribution in [0.15, 0.2) is 48.7 Å². The van der Waals surface area contributed by atoms with Gasteiger partial charge in [-0.3, -0.25) is 0 Å². The van der Waals surface area contributed by atoms with Crippen LogP contribution in [-0.2, 0) is 5.41 Å². The fourth-order valence-electron chi connectivity index (χ4n) is 4.39. The Morgan fingerprint density at radius 3 is 2.58 bits per heavy atom. The molecule has 0 bridgehead atoms. The first kappa shape index (κ1) is 15.1. The quantitative estimate of drug-likeness (QED) is 0.691. The number of hydrogen-bond donors (Lipinski definition) is 2. The minimum atomic E-state index is -0.0596. The van der Waals surface area contributed by atoms with Gasteiger partial charge in [0.15, 0.2) is 0 Å². The number of hydrogen-bond acceptors (Lipinski definition) is 2. The predicted octanol–water partition coefficient (Wildman–Crippen LogP) is 5.08. The molecular formula is C21H24N2O. The standard InChI is InChI=1S/C21H24N2O/c1-20(2)13-21(3,16-10-9-14(24-4)11-19(16)23-20)17-12-22-18-8-6-5-7-15(17)18/h5-12,22-23H,13H2,1-4H3/t21-/m0/s1. The number of nitrogens with one attached hydrogen (secondary N) is 2. The Kier molecular flexibility index (Phi) is 3.17. The summed E-state index contributed by atoms with van der Waals surface area (Å²) >= 11 is 0. The Hall–Kier alpha value is -2.42. The largest absolute Gasteiger partial charge is 0.497 e. The Balaban J connectivity index is 1.97. The van der Waals surface area contributed by atoms with Gasteiger partial charge in [0.2, 0.25) is 0 Å². The van der Waals surface area contributed by atoms with Gasteiger partial charge in [-0.2, -0.15) is 0 Å². The molecule has 0 fully saturated rings. The molecule has 3 nitrogen and oxygen atoms in total. The molecule has 124 valence electrons. The summed E-state index contributed by atoms with van der Waals surface area (Å²) in [6, 6.07) is 14.9. The van der Waals surface area contributed by atoms with E-state index < -0.39 is 0 Å². The molecule has 1 atom stereocenters. The lowest BCUT2D eigenvalue weighted by atomic mass is 9.66. The van der Waals surface area contributed by atoms with Crippen LogP contribution in [0.2, 0.25) is 0 Å². The summed E-state index contributed by atoms with van der Waals surface area (Å²) in [5.41, 5.74) is 4.99. The van der Waals surface area contributed by atoms with Crippen molar-refractivity contribution < 1.29 is 4.74 Å². The van der Waals surface area contributed by atoms with Crippen molar-refractivity contribution in [3.63, 3.8) is 0 Å². The monoisotopic (exact) mass is 320 g/mol. The Labute approximate surface area is 143 Å². The molecule has 0 saturated heterocycles. The number of rotatable bonds is 2. The summed E-state index contributed by atoms with van der Waals surface area (Å²) in [7, 11) is 1.72. The molecule has 2 aromatic carbocycles. The second kappa shape index (κ2) is 5.04. The van der Waals surface area contributed by atoms with E-state index in [9.17, 15) is 0 Å². The van der Waals surface area contributed by atoms with Gasteiger partial charge in [0, 0.05) is 39.8 Å². The van der Waals surface area contributed by atoms with Crippen LogP contribution >= 0.6 is 0 Å². The van der Waals surface area contributed by atoms with Crippen LogP contribution in [0, 0.1) is 0 Å². The zero-order valence-electron chi connectivity index (χ0n) is 14.7. The average molecular weight is 320 g/mol. The first-order valence-corrected chi connectivity index (χ1v) is 8.46. The number of aromatic nitrogens is 1. The van der Waals surface area contributed by atoms with Crippen LogP contribution < -0.4 is 10.1 Å². The number of anilines is 1. The molecule has 0 aliphatic carbocycles. The van der Waals surface area contributed by atoms with Gasteiger partial charge in [0.1, 0.15) is 5.75 Å². The average Bonchev–Trinajstić information content (AvgIpc) is 2.97. The maximum atomic E-state index is 5.43. The van der Waals surface area contributed by atoms with Crippen LogP contribution in [0.25, 0.3) is 10.9 Å². The van der Waals surface area contributed by atoms with Crippen molar-refractivity contribution in [2.75, 3.05) is 12.4 Å². The van der Waals surface area contributed by atoms with Gasteiger partial charge in [0.25, 0.3) is 0 Å². The Bertz CT molecular complexity index is 909. The summed E-state index contributed by atoms with van der Waals surface area (Å²) in [5.74, 6) is 0.889. The zero-order chi connectivity index (χ0) is 16.9. The number of H-pyrrole nitrogens is 1. The predicted molar refractivity (Wildman–Crippen MR) is 100 cm³/mol. The Morgan fingerprint density at radius 2 is 1.79 bits per heavy atom. The second-order valence-corrected chi connectivity index (χ2v) is 7.68. The topological polar surface area (TPSA) is 37.0 Å². The van der Waals surface area contributed by atoms with Crippen LogP contribution in [0.4, 0.5) is 5.69 Å². The second-order valence-electron chi connectivity index (χ2n) is 7.68. The highest BCUT2D eigenvalue weighted by Crippen LogP contribution is 2.49. The van der Waals surface area contributed by atoms with E-state index >= 15 is 0 Å². The Morgan fingerprint density at radius 1 is 1.00 bits per heavy atom. The molecule has 2 N–H and O–H groups in total. The highest BCUT2D eigenvalue weighted by molar-refractivity contribution is 5.85. The SMILES string of the molecule is COc1ccc2c(c1)NC(C)(C)C[C@]2(C)c1c[nH]c2ccccc12. The lowest BCUT2D eigenvalue weighted by Gasteiger charge is -2.45. The minimum absolute atomic E-state index is 0.00644. The lowest BCUT2D eigenvalue weighted by Crippen LogP contribution is -2.45. The van der Waals surface area contributed by atoms with Gasteiger partial charge in [-0.05, 0) is 43.5 Å². The van der Waals surface area contributed by atoms with Gasteiger partial charge < -0.3 is 15.0 Å². The van der Waals surface area contributed by atoms with E-state index in [1.54, 1.807) is 7.11 Å². The van der Waals surface area contributed by atoms with Crippen molar-refractivity contribution in [1.82, 2.24) is 4.98 Å². The van der Waals surface area contributed by atoms with Crippen LogP contribution in [0.1, 0.15) is 38.3 Å². The highest BCUT2D eigenvalue weighted by Gasteiger charge is 2.42. The number of ether oxygens (including phenoxy) is 1. The molecule has 2 heterocycles. The molecule has 1 aliphatic rings. The maximum absolute atomic E-state index is 5.43. The highest BCUT2D eigenvalue weighted by atomic mass is 16.5. The molecular weight excluding hydrogens is 296 g/mol. The molecule has 24 heavy (non-hydrogen) atoms. The molecule has 4 rings (SSSR count). The van der Waals surface area contributed by atoms with Crippen LogP contribution in [-0.4, -0.2) is 17.6 Å². The zero-order valence-corrected chi connectivity index (χ0v) is 14.7. The molecule has 0 spiro atoms. The maximum Gasteiger partial charge on any atom is 0.120 e. The smallest absolute Gasteiger partial charge is 0.120 e. The first-order chi connectivity index (χ1) is 11.4. The first-order valence-electron chi connectivity index (χ1n) is 8.46. The van der Waals surface area contributed by atoms with E-state index in [0.29, 0.717) is 0 Å². The number of aromatic amines is 1. The van der Waals surface area contributed by atoms with Crippen molar-refractivity contribution >= 4 is 16.6 Å². The number of methoxy groups -OCH3 is 1. The van der Waals surface area contributed by atoms with Gasteiger partial charge in [-0.25, -0.2) is 0 Å². The van der Waals surface area contributed by atoms with Gasteiger partial charge in [-0.15, -0.1) is 0 Å². The van der Waals surface area contributed by atoms with E-state index in [1.807, 2.05) is 0 Å². The number of para-hydroxylation sites is 1. The summed E-state index contributed by atoms with van der Waals surface area (Å²) in [5, 5.41) is 4.99. The van der Waals surface area contributed by atoms with Crippen LogP contribution in [0.5, 0.6) is 5.75 Å². The molecule has 1 aromatic heterocycles. The van der Waals surface area contributed by atoms with Crippen molar-refractivity contribution in [3.05, 3.63) is 59.8 Å². The molecule has 0 radical (unpaired) electrons. The van der Waals surface area contributed by atoms with Crippen molar-refractivity contribution in [2.24, 2.45) is 0 Å². The summed E-state index contributed by atoms with van der Waals surface area (Å²) in [6.45, 7) is 6.89. The van der Waals surface area contributed by atoms with Crippen molar-refractivity contribution in [1.29, 1.82) is 0 Å². The molecule has 0 unspecified atom stereocenters. The molecule has 0 saturated carbocycles.